The molecule has 128 valence electrons. The second-order valence-electron chi connectivity index (χ2n) is 5.71. The Hall–Kier alpha value is -3.36. The Labute approximate surface area is 145 Å². The number of ether oxygens (including phenoxy) is 1. The van der Waals surface area contributed by atoms with Gasteiger partial charge in [0.2, 0.25) is 5.91 Å². The average molecular weight is 339 g/mol. The Bertz CT molecular complexity index is 729. The summed E-state index contributed by atoms with van der Waals surface area (Å²) in [7, 11) is 0. The van der Waals surface area contributed by atoms with Crippen LogP contribution in [0.1, 0.15) is 33.1 Å². The van der Waals surface area contributed by atoms with Crippen molar-refractivity contribution in [2.45, 2.75) is 39.2 Å². The van der Waals surface area contributed by atoms with E-state index in [0.29, 0.717) is 5.57 Å². The zero-order chi connectivity index (χ0) is 19.1. The van der Waals surface area contributed by atoms with E-state index < -0.39 is 28.7 Å². The third-order valence-electron chi connectivity index (χ3n) is 4.10. The maximum absolute atomic E-state index is 12.0. The first kappa shape index (κ1) is 19.7. The number of allylic oxidation sites excluding steroid dienone is 1. The molecule has 0 heterocycles. The molecule has 0 aromatic rings. The van der Waals surface area contributed by atoms with Gasteiger partial charge < -0.3 is 10.1 Å². The van der Waals surface area contributed by atoms with Crippen molar-refractivity contribution in [2.24, 2.45) is 10.8 Å². The van der Waals surface area contributed by atoms with Gasteiger partial charge in [-0.05, 0) is 13.3 Å². The van der Waals surface area contributed by atoms with E-state index in [4.69, 9.17) is 4.74 Å². The van der Waals surface area contributed by atoms with E-state index in [1.165, 1.54) is 6.92 Å². The fourth-order valence-electron chi connectivity index (χ4n) is 2.74. The van der Waals surface area contributed by atoms with Gasteiger partial charge in [-0.25, -0.2) is 4.79 Å². The number of nitriles is 4. The molecule has 0 aromatic carbocycles. The summed E-state index contributed by atoms with van der Waals surface area (Å²) in [5.41, 5.74) is -3.07. The first-order valence-corrected chi connectivity index (χ1v) is 7.60. The Kier molecular flexibility index (Phi) is 6.26. The van der Waals surface area contributed by atoms with Crippen molar-refractivity contribution in [3.05, 3.63) is 11.6 Å². The van der Waals surface area contributed by atoms with Crippen LogP contribution in [0.5, 0.6) is 0 Å². The zero-order valence-electron chi connectivity index (χ0n) is 14.0. The Morgan fingerprint density at radius 3 is 2.20 bits per heavy atom. The quantitative estimate of drug-likeness (QED) is 0.584. The third kappa shape index (κ3) is 3.77. The molecular formula is C17H17N5O3. The maximum atomic E-state index is 12.0. The van der Waals surface area contributed by atoms with E-state index in [0.717, 1.165) is 0 Å². The molecule has 0 spiro atoms. The summed E-state index contributed by atoms with van der Waals surface area (Å²) in [6, 6.07) is 6.25. The molecular weight excluding hydrogens is 322 g/mol. The Morgan fingerprint density at radius 1 is 1.20 bits per heavy atom. The summed E-state index contributed by atoms with van der Waals surface area (Å²) in [5.74, 6) is -1.06. The minimum atomic E-state index is -1.84. The highest BCUT2D eigenvalue weighted by atomic mass is 16.5. The van der Waals surface area contributed by atoms with Crippen LogP contribution >= 0.6 is 0 Å². The summed E-state index contributed by atoms with van der Waals surface area (Å²) < 4.78 is 4.92. The number of carbonyl (C=O) groups is 2. The normalized spacial score (nSPS) is 18.1. The van der Waals surface area contributed by atoms with Gasteiger partial charge in [-0.2, -0.15) is 21.0 Å². The SMILES string of the molecule is CCOC(=O)C(CC1=CCC(C#N)(C#N)C(C#N)(C#N)C1)NC(C)=O. The first-order valence-electron chi connectivity index (χ1n) is 7.60. The topological polar surface area (TPSA) is 151 Å². The molecule has 1 amide bonds. The molecule has 1 aliphatic rings. The maximum Gasteiger partial charge on any atom is 0.328 e. The molecule has 1 aliphatic carbocycles. The van der Waals surface area contributed by atoms with Gasteiger partial charge >= 0.3 is 5.97 Å². The number of esters is 1. The number of amides is 1. The van der Waals surface area contributed by atoms with E-state index in [9.17, 15) is 30.6 Å². The lowest BCUT2D eigenvalue weighted by molar-refractivity contribution is -0.147. The van der Waals surface area contributed by atoms with Crippen LogP contribution in [0.4, 0.5) is 0 Å². The van der Waals surface area contributed by atoms with Gasteiger partial charge in [0.05, 0.1) is 30.9 Å². The van der Waals surface area contributed by atoms with Gasteiger partial charge in [0.15, 0.2) is 10.8 Å². The molecule has 1 unspecified atom stereocenters. The highest BCUT2D eigenvalue weighted by Crippen LogP contribution is 2.49. The molecule has 0 aromatic heterocycles. The molecule has 0 saturated carbocycles. The minimum absolute atomic E-state index is 0.0382. The first-order chi connectivity index (χ1) is 11.8. The molecule has 1 N–H and O–H groups in total. The second-order valence-corrected chi connectivity index (χ2v) is 5.71. The van der Waals surface area contributed by atoms with Crippen LogP contribution in [-0.2, 0) is 14.3 Å². The number of carbonyl (C=O) groups excluding carboxylic acids is 2. The number of hydrogen-bond acceptors (Lipinski definition) is 7. The van der Waals surface area contributed by atoms with E-state index in [1.807, 2.05) is 12.1 Å². The molecule has 0 bridgehead atoms. The summed E-state index contributed by atoms with van der Waals surface area (Å²) in [6.45, 7) is 3.03. The monoisotopic (exact) mass is 339 g/mol. The third-order valence-corrected chi connectivity index (χ3v) is 4.10. The van der Waals surface area contributed by atoms with Gasteiger partial charge in [0.25, 0.3) is 0 Å². The molecule has 0 aliphatic heterocycles. The van der Waals surface area contributed by atoms with Crippen LogP contribution in [0, 0.1) is 56.2 Å². The van der Waals surface area contributed by atoms with Gasteiger partial charge in [-0.3, -0.25) is 4.79 Å². The van der Waals surface area contributed by atoms with Crippen molar-refractivity contribution in [1.29, 1.82) is 21.0 Å². The van der Waals surface area contributed by atoms with Gasteiger partial charge in [0, 0.05) is 19.8 Å². The number of nitrogens with one attached hydrogen (secondary N) is 1. The van der Waals surface area contributed by atoms with Crippen LogP contribution < -0.4 is 5.32 Å². The summed E-state index contributed by atoms with van der Waals surface area (Å²) in [4.78, 5) is 23.3. The van der Waals surface area contributed by atoms with Crippen molar-refractivity contribution in [1.82, 2.24) is 5.32 Å². The van der Waals surface area contributed by atoms with Crippen molar-refractivity contribution in [2.75, 3.05) is 6.61 Å². The van der Waals surface area contributed by atoms with E-state index in [2.05, 4.69) is 5.32 Å². The molecule has 0 saturated heterocycles. The molecule has 0 radical (unpaired) electrons. The van der Waals surface area contributed by atoms with E-state index in [-0.39, 0.29) is 25.9 Å². The van der Waals surface area contributed by atoms with Crippen molar-refractivity contribution in [3.8, 4) is 24.3 Å². The minimum Gasteiger partial charge on any atom is -0.464 e. The van der Waals surface area contributed by atoms with Gasteiger partial charge in [-0.1, -0.05) is 11.6 Å². The van der Waals surface area contributed by atoms with Crippen molar-refractivity contribution in [3.63, 3.8) is 0 Å². The largest absolute Gasteiger partial charge is 0.464 e. The number of nitrogens with zero attached hydrogens (tertiary/aromatic N) is 4. The smallest absolute Gasteiger partial charge is 0.328 e. The van der Waals surface area contributed by atoms with Gasteiger partial charge in [-0.15, -0.1) is 0 Å². The molecule has 8 nitrogen and oxygen atoms in total. The van der Waals surface area contributed by atoms with E-state index in [1.54, 1.807) is 25.1 Å². The molecule has 25 heavy (non-hydrogen) atoms. The van der Waals surface area contributed by atoms with Crippen LogP contribution in [0.25, 0.3) is 0 Å². The summed E-state index contributed by atoms with van der Waals surface area (Å²) >= 11 is 0. The lowest BCUT2D eigenvalue weighted by atomic mass is 9.58. The van der Waals surface area contributed by atoms with Crippen LogP contribution in [-0.4, -0.2) is 24.5 Å². The fraction of sp³-hybridized carbons (Fsp3) is 0.529. The second kappa shape index (κ2) is 7.95. The summed E-state index contributed by atoms with van der Waals surface area (Å²) in [6.07, 6.45) is 1.35. The van der Waals surface area contributed by atoms with Crippen molar-refractivity contribution < 1.29 is 14.3 Å². The van der Waals surface area contributed by atoms with E-state index >= 15 is 0 Å². The Balaban J connectivity index is 3.17. The standard InChI is InChI=1S/C17H17N5O3/c1-3-25-15(24)14(22-12(2)23)6-13-4-5-16(8-18,9-19)17(7-13,10-20)11-21/h4,14H,3,5-7H2,1-2H3,(H,22,23). The lowest BCUT2D eigenvalue weighted by Crippen LogP contribution is -2.44. The highest BCUT2D eigenvalue weighted by molar-refractivity contribution is 5.83. The Morgan fingerprint density at radius 2 is 1.76 bits per heavy atom. The average Bonchev–Trinajstić information content (AvgIpc) is 2.60. The molecule has 8 heteroatoms. The molecule has 1 atom stereocenters. The van der Waals surface area contributed by atoms with Crippen LogP contribution in [0.3, 0.4) is 0 Å². The zero-order valence-corrected chi connectivity index (χ0v) is 14.0. The predicted octanol–water partition coefficient (Wildman–Crippen LogP) is 1.23. The summed E-state index contributed by atoms with van der Waals surface area (Å²) in [5, 5.41) is 40.1. The van der Waals surface area contributed by atoms with Crippen LogP contribution in [0.15, 0.2) is 11.6 Å². The fourth-order valence-corrected chi connectivity index (χ4v) is 2.74. The number of hydrogen-bond donors (Lipinski definition) is 1. The van der Waals surface area contributed by atoms with Crippen LogP contribution in [0.2, 0.25) is 0 Å². The van der Waals surface area contributed by atoms with Crippen molar-refractivity contribution >= 4 is 11.9 Å². The highest BCUT2D eigenvalue weighted by Gasteiger charge is 2.56. The lowest BCUT2D eigenvalue weighted by Gasteiger charge is -2.35. The number of rotatable bonds is 5. The van der Waals surface area contributed by atoms with Gasteiger partial charge in [0.1, 0.15) is 6.04 Å². The molecule has 1 rings (SSSR count). The molecule has 0 fully saturated rings. The predicted molar refractivity (Wildman–Crippen MR) is 83.5 cm³/mol.